The maximum atomic E-state index is 14.4. The molecule has 2 aliphatic rings. The van der Waals surface area contributed by atoms with Gasteiger partial charge in [0.05, 0.1) is 28.1 Å². The molecule has 0 amide bonds. The van der Waals surface area contributed by atoms with Crippen LogP contribution in [-0.2, 0) is 5.41 Å². The van der Waals surface area contributed by atoms with Crippen molar-refractivity contribution in [3.63, 3.8) is 0 Å². The molecule has 2 aliphatic carbocycles. The fourth-order valence-electron chi connectivity index (χ4n) is 5.94. The molecule has 0 saturated heterocycles. The highest BCUT2D eigenvalue weighted by atomic mass is 19.1. The molecule has 33 heavy (non-hydrogen) atoms. The van der Waals surface area contributed by atoms with Crippen molar-refractivity contribution < 1.29 is 13.6 Å². The maximum Gasteiger partial charge on any atom is 0.200 e. The molecular formula is C26H26F2N4O. The smallest absolute Gasteiger partial charge is 0.200 e. The molecule has 170 valence electrons. The summed E-state index contributed by atoms with van der Waals surface area (Å²) in [6.07, 6.45) is 5.52. The first-order valence-electron chi connectivity index (χ1n) is 11.5. The van der Waals surface area contributed by atoms with Gasteiger partial charge >= 0.3 is 0 Å². The van der Waals surface area contributed by atoms with Crippen LogP contribution in [0.5, 0.6) is 0 Å². The Morgan fingerprint density at radius 2 is 1.91 bits per heavy atom. The quantitative estimate of drug-likeness (QED) is 0.447. The summed E-state index contributed by atoms with van der Waals surface area (Å²) in [5, 5.41) is 8.79. The molecule has 2 aromatic heterocycles. The third-order valence-corrected chi connectivity index (χ3v) is 7.70. The normalized spacial score (nSPS) is 22.4. The van der Waals surface area contributed by atoms with E-state index in [1.165, 1.54) is 18.2 Å². The molecule has 2 atom stereocenters. The first-order valence-corrected chi connectivity index (χ1v) is 11.5. The minimum absolute atomic E-state index is 0.0582. The summed E-state index contributed by atoms with van der Waals surface area (Å²) in [5.74, 6) is -0.996. The van der Waals surface area contributed by atoms with Crippen molar-refractivity contribution in [2.75, 3.05) is 0 Å². The van der Waals surface area contributed by atoms with Crippen LogP contribution in [0.1, 0.15) is 86.4 Å². The third-order valence-electron chi connectivity index (χ3n) is 7.70. The maximum absolute atomic E-state index is 14.4. The Labute approximate surface area is 191 Å². The highest BCUT2D eigenvalue weighted by molar-refractivity contribution is 5.92. The number of rotatable bonds is 6. The van der Waals surface area contributed by atoms with Crippen molar-refractivity contribution in [1.82, 2.24) is 20.2 Å². The molecule has 3 aromatic rings. The summed E-state index contributed by atoms with van der Waals surface area (Å²) < 4.78 is 28.8. The molecule has 7 heteroatoms. The van der Waals surface area contributed by atoms with Crippen molar-refractivity contribution in [3.8, 4) is 11.3 Å². The predicted molar refractivity (Wildman–Crippen MR) is 120 cm³/mol. The summed E-state index contributed by atoms with van der Waals surface area (Å²) in [6.45, 7) is 6.40. The average Bonchev–Trinajstić information content (AvgIpc) is 3.18. The number of carbonyl (C=O) groups is 1. The van der Waals surface area contributed by atoms with Gasteiger partial charge in [0.2, 0.25) is 0 Å². The van der Waals surface area contributed by atoms with Gasteiger partial charge in [-0.05, 0) is 60.4 Å². The topological polar surface area (TPSA) is 68.6 Å². The van der Waals surface area contributed by atoms with Gasteiger partial charge in [0.15, 0.2) is 11.6 Å². The van der Waals surface area contributed by atoms with Gasteiger partial charge in [0.1, 0.15) is 11.6 Å². The Morgan fingerprint density at radius 1 is 1.15 bits per heavy atom. The van der Waals surface area contributed by atoms with Crippen molar-refractivity contribution >= 4 is 5.78 Å². The van der Waals surface area contributed by atoms with Gasteiger partial charge in [-0.25, -0.2) is 18.7 Å². The number of nitrogens with zero attached hydrogens (tertiary/aromatic N) is 4. The monoisotopic (exact) mass is 448 g/mol. The molecular weight excluding hydrogens is 422 g/mol. The van der Waals surface area contributed by atoms with Crippen molar-refractivity contribution in [3.05, 3.63) is 70.9 Å². The zero-order chi connectivity index (χ0) is 23.4. The second kappa shape index (κ2) is 7.75. The van der Waals surface area contributed by atoms with E-state index in [2.05, 4.69) is 29.0 Å². The zero-order valence-corrected chi connectivity index (χ0v) is 19.0. The van der Waals surface area contributed by atoms with Crippen LogP contribution in [0.15, 0.2) is 36.5 Å². The Hall–Kier alpha value is -3.09. The molecule has 0 aliphatic heterocycles. The molecule has 0 radical (unpaired) electrons. The SMILES string of the molecule is CCCCC(=O)c1nccc([C@@]23CC[C@@H](c4cc(-c5c(F)cccc5F)nnc42)C3(C)C)n1. The van der Waals surface area contributed by atoms with Crippen LogP contribution in [0.4, 0.5) is 8.78 Å². The summed E-state index contributed by atoms with van der Waals surface area (Å²) in [5.41, 5.74) is 1.76. The second-order valence-electron chi connectivity index (χ2n) is 9.64. The molecule has 0 unspecified atom stereocenters. The minimum atomic E-state index is -0.660. The summed E-state index contributed by atoms with van der Waals surface area (Å²) >= 11 is 0. The number of Topliss-reactive ketones (excluding diaryl/α,β-unsaturated/α-hetero) is 1. The number of fused-ring (bicyclic) bond motifs is 5. The Kier molecular flexibility index (Phi) is 5.10. The highest BCUT2D eigenvalue weighted by Crippen LogP contribution is 2.69. The lowest BCUT2D eigenvalue weighted by Gasteiger charge is -2.37. The number of aromatic nitrogens is 4. The number of ketones is 1. The van der Waals surface area contributed by atoms with Gasteiger partial charge in [-0.2, -0.15) is 5.10 Å². The number of benzene rings is 1. The van der Waals surface area contributed by atoms with E-state index >= 15 is 0 Å². The molecule has 0 spiro atoms. The summed E-state index contributed by atoms with van der Waals surface area (Å²) in [6, 6.07) is 7.43. The van der Waals surface area contributed by atoms with Crippen LogP contribution in [0, 0.1) is 17.0 Å². The largest absolute Gasteiger partial charge is 0.291 e. The van der Waals surface area contributed by atoms with Crippen molar-refractivity contribution in [2.24, 2.45) is 5.41 Å². The first kappa shape index (κ1) is 21.7. The molecule has 5 nitrogen and oxygen atoms in total. The van der Waals surface area contributed by atoms with Crippen LogP contribution in [0.25, 0.3) is 11.3 Å². The van der Waals surface area contributed by atoms with Crippen LogP contribution < -0.4 is 0 Å². The Morgan fingerprint density at radius 3 is 2.64 bits per heavy atom. The van der Waals surface area contributed by atoms with Gasteiger partial charge < -0.3 is 0 Å². The summed E-state index contributed by atoms with van der Waals surface area (Å²) in [7, 11) is 0. The van der Waals surface area contributed by atoms with Crippen LogP contribution in [0.2, 0.25) is 0 Å². The first-order chi connectivity index (χ1) is 15.8. The van der Waals surface area contributed by atoms with Gasteiger partial charge in [0, 0.05) is 12.6 Å². The van der Waals surface area contributed by atoms with E-state index in [1.807, 2.05) is 13.0 Å². The van der Waals surface area contributed by atoms with E-state index in [9.17, 15) is 13.6 Å². The second-order valence-corrected chi connectivity index (χ2v) is 9.64. The van der Waals surface area contributed by atoms with E-state index in [0.29, 0.717) is 6.42 Å². The number of halogens is 2. The standard InChI is InChI=1S/C26H26F2N4O/c1-4-5-9-20(33)24-29-13-11-21(30-24)26-12-10-16(25(26,2)3)15-14-19(31-32-23(15)26)22-17(27)7-6-8-18(22)28/h6-8,11,13-14,16H,4-5,9-10,12H2,1-3H3/t16-,26-/m0/s1. The Balaban J connectivity index is 1.63. The molecule has 5 rings (SSSR count). The van der Waals surface area contributed by atoms with Gasteiger partial charge in [-0.15, -0.1) is 5.10 Å². The van der Waals surface area contributed by atoms with E-state index in [0.717, 1.165) is 42.6 Å². The fraction of sp³-hybridized carbons (Fsp3) is 0.423. The van der Waals surface area contributed by atoms with Gasteiger partial charge in [-0.1, -0.05) is 33.3 Å². The molecule has 2 bridgehead atoms. The lowest BCUT2D eigenvalue weighted by Crippen LogP contribution is -2.38. The van der Waals surface area contributed by atoms with Crippen molar-refractivity contribution in [2.45, 2.75) is 64.2 Å². The zero-order valence-electron chi connectivity index (χ0n) is 19.0. The molecule has 0 N–H and O–H groups in total. The molecule has 2 heterocycles. The number of unbranched alkanes of at least 4 members (excludes halogenated alkanes) is 1. The van der Waals surface area contributed by atoms with E-state index in [4.69, 9.17) is 4.98 Å². The van der Waals surface area contributed by atoms with Crippen molar-refractivity contribution in [1.29, 1.82) is 0 Å². The van der Waals surface area contributed by atoms with E-state index in [1.54, 1.807) is 12.3 Å². The van der Waals surface area contributed by atoms with Gasteiger partial charge in [0.25, 0.3) is 0 Å². The highest BCUT2D eigenvalue weighted by Gasteiger charge is 2.65. The lowest BCUT2D eigenvalue weighted by atomic mass is 9.66. The van der Waals surface area contributed by atoms with Crippen LogP contribution in [-0.4, -0.2) is 25.9 Å². The number of carbonyl (C=O) groups excluding carboxylic acids is 1. The van der Waals surface area contributed by atoms with E-state index < -0.39 is 17.0 Å². The van der Waals surface area contributed by atoms with Crippen LogP contribution >= 0.6 is 0 Å². The fourth-order valence-corrected chi connectivity index (χ4v) is 5.94. The van der Waals surface area contributed by atoms with Crippen LogP contribution in [0.3, 0.4) is 0 Å². The third kappa shape index (κ3) is 3.05. The predicted octanol–water partition coefficient (Wildman–Crippen LogP) is 5.79. The molecule has 1 saturated carbocycles. The van der Waals surface area contributed by atoms with Gasteiger partial charge in [-0.3, -0.25) is 4.79 Å². The molecule has 1 fully saturated rings. The summed E-state index contributed by atoms with van der Waals surface area (Å²) in [4.78, 5) is 21.6. The Bertz CT molecular complexity index is 1240. The average molecular weight is 449 g/mol. The molecule has 1 aromatic carbocycles. The minimum Gasteiger partial charge on any atom is -0.291 e. The number of hydrogen-bond donors (Lipinski definition) is 0. The lowest BCUT2D eigenvalue weighted by molar-refractivity contribution is 0.0968. The van der Waals surface area contributed by atoms with E-state index in [-0.39, 0.29) is 34.2 Å². The number of hydrogen-bond acceptors (Lipinski definition) is 5.